The second kappa shape index (κ2) is 8.78. The quantitative estimate of drug-likeness (QED) is 0.502. The number of imidazole rings is 1. The number of hydrogen-bond acceptors (Lipinski definition) is 4. The Labute approximate surface area is 190 Å². The van der Waals surface area contributed by atoms with E-state index in [2.05, 4.69) is 32.4 Å². The zero-order valence-electron chi connectivity index (χ0n) is 18.3. The van der Waals surface area contributed by atoms with Gasteiger partial charge in [-0.15, -0.1) is 0 Å². The van der Waals surface area contributed by atoms with Gasteiger partial charge in [0.2, 0.25) is 0 Å². The molecular formula is C25H25F2N5O. The van der Waals surface area contributed by atoms with Crippen molar-refractivity contribution in [1.82, 2.24) is 14.9 Å². The second-order valence-electron chi connectivity index (χ2n) is 8.41. The van der Waals surface area contributed by atoms with Crippen LogP contribution in [0, 0.1) is 11.6 Å². The van der Waals surface area contributed by atoms with E-state index < -0.39 is 11.6 Å². The molecule has 6 nitrogen and oxygen atoms in total. The van der Waals surface area contributed by atoms with Gasteiger partial charge in [-0.2, -0.15) is 0 Å². The van der Waals surface area contributed by atoms with Crippen LogP contribution in [-0.4, -0.2) is 46.5 Å². The lowest BCUT2D eigenvalue weighted by atomic mass is 9.94. The summed E-state index contributed by atoms with van der Waals surface area (Å²) < 4.78 is 28.2. The molecule has 3 aromatic rings. The third kappa shape index (κ3) is 4.26. The first-order chi connectivity index (χ1) is 16.0. The average Bonchev–Trinajstić information content (AvgIpc) is 3.43. The first kappa shape index (κ1) is 21.3. The molecule has 0 bridgehead atoms. The number of likely N-dealkylation sites (tertiary alicyclic amines) is 1. The molecule has 0 aliphatic carbocycles. The Bertz CT molecular complexity index is 1190. The van der Waals surface area contributed by atoms with Crippen molar-refractivity contribution in [1.29, 1.82) is 0 Å². The number of amides is 1. The molecule has 1 fully saturated rings. The van der Waals surface area contributed by atoms with Crippen molar-refractivity contribution in [2.45, 2.75) is 25.8 Å². The number of hydrogen-bond donors (Lipinski definition) is 3. The molecule has 8 heteroatoms. The highest BCUT2D eigenvalue weighted by Gasteiger charge is 2.30. The van der Waals surface area contributed by atoms with Crippen LogP contribution in [0.3, 0.4) is 0 Å². The van der Waals surface area contributed by atoms with E-state index in [1.165, 1.54) is 12.1 Å². The molecule has 0 unspecified atom stereocenters. The monoisotopic (exact) mass is 449 g/mol. The third-order valence-electron chi connectivity index (χ3n) is 6.31. The number of carbonyl (C=O) groups excluding carboxylic acids is 1. The van der Waals surface area contributed by atoms with Gasteiger partial charge in [0.05, 0.1) is 5.57 Å². The zero-order valence-corrected chi connectivity index (χ0v) is 18.3. The number of rotatable bonds is 5. The zero-order chi connectivity index (χ0) is 22.9. The number of H-pyrrole nitrogens is 1. The van der Waals surface area contributed by atoms with Gasteiger partial charge in [0.15, 0.2) is 0 Å². The second-order valence-corrected chi connectivity index (χ2v) is 8.41. The van der Waals surface area contributed by atoms with E-state index in [0.717, 1.165) is 44.2 Å². The fourth-order valence-electron chi connectivity index (χ4n) is 4.63. The Morgan fingerprint density at radius 2 is 1.91 bits per heavy atom. The van der Waals surface area contributed by atoms with Crippen LogP contribution in [0.5, 0.6) is 0 Å². The molecule has 170 valence electrons. The van der Waals surface area contributed by atoms with Gasteiger partial charge in [0.1, 0.15) is 17.5 Å². The summed E-state index contributed by atoms with van der Waals surface area (Å²) in [5.74, 6) is -1.41. The van der Waals surface area contributed by atoms with Crippen molar-refractivity contribution in [3.63, 3.8) is 0 Å². The Kier molecular flexibility index (Phi) is 5.68. The fourth-order valence-corrected chi connectivity index (χ4v) is 4.63. The van der Waals surface area contributed by atoms with Crippen LogP contribution in [0.4, 0.5) is 20.2 Å². The van der Waals surface area contributed by atoms with E-state index in [1.807, 2.05) is 18.2 Å². The van der Waals surface area contributed by atoms with Crippen molar-refractivity contribution in [3.05, 3.63) is 77.4 Å². The van der Waals surface area contributed by atoms with Crippen LogP contribution in [0.1, 0.15) is 36.7 Å². The third-order valence-corrected chi connectivity index (χ3v) is 6.31. The molecule has 1 aromatic heterocycles. The number of aromatic nitrogens is 2. The summed E-state index contributed by atoms with van der Waals surface area (Å²) in [5.41, 5.74) is 3.15. The fraction of sp³-hybridized carbons (Fsp3) is 0.280. The predicted octanol–water partition coefficient (Wildman–Crippen LogP) is 4.50. The molecular weight excluding hydrogens is 424 g/mol. The normalized spacial score (nSPS) is 18.2. The Balaban J connectivity index is 1.57. The summed E-state index contributed by atoms with van der Waals surface area (Å²) in [7, 11) is 0. The van der Waals surface area contributed by atoms with Crippen molar-refractivity contribution in [2.75, 3.05) is 30.3 Å². The summed E-state index contributed by atoms with van der Waals surface area (Å²) in [4.78, 5) is 22.7. The maximum Gasteiger partial charge on any atom is 0.257 e. The highest BCUT2D eigenvalue weighted by Crippen LogP contribution is 2.40. The summed E-state index contributed by atoms with van der Waals surface area (Å²) >= 11 is 0. The van der Waals surface area contributed by atoms with Crippen LogP contribution >= 0.6 is 0 Å². The first-order valence-electron chi connectivity index (χ1n) is 11.2. The van der Waals surface area contributed by atoms with Crippen LogP contribution in [0.15, 0.2) is 48.8 Å². The van der Waals surface area contributed by atoms with Gasteiger partial charge >= 0.3 is 0 Å². The minimum atomic E-state index is -0.720. The molecule has 3 N–H and O–H groups in total. The van der Waals surface area contributed by atoms with Gasteiger partial charge in [-0.3, -0.25) is 4.79 Å². The van der Waals surface area contributed by atoms with Gasteiger partial charge in [-0.1, -0.05) is 6.92 Å². The molecule has 0 atom stereocenters. The number of aromatic amines is 1. The highest BCUT2D eigenvalue weighted by molar-refractivity contribution is 6.38. The van der Waals surface area contributed by atoms with Crippen LogP contribution in [-0.2, 0) is 4.79 Å². The van der Waals surface area contributed by atoms with Gasteiger partial charge in [0, 0.05) is 60.1 Å². The summed E-state index contributed by atoms with van der Waals surface area (Å²) in [6, 6.07) is 9.31. The van der Waals surface area contributed by atoms with E-state index in [0.29, 0.717) is 34.3 Å². The van der Waals surface area contributed by atoms with Crippen LogP contribution < -0.4 is 10.6 Å². The Hall–Kier alpha value is -3.52. The number of nitrogens with zero attached hydrogens (tertiary/aromatic N) is 2. The molecule has 3 heterocycles. The van der Waals surface area contributed by atoms with Crippen molar-refractivity contribution in [2.24, 2.45) is 0 Å². The van der Waals surface area contributed by atoms with Gasteiger partial charge in [0.25, 0.3) is 5.91 Å². The molecule has 2 aliphatic rings. The minimum Gasteiger partial charge on any atom is -0.382 e. The Morgan fingerprint density at radius 3 is 2.58 bits per heavy atom. The molecule has 33 heavy (non-hydrogen) atoms. The molecule has 0 saturated carbocycles. The summed E-state index contributed by atoms with van der Waals surface area (Å²) in [6.07, 6.45) is 5.25. The SMILES string of the molecule is CCN1CCC(Nc2ccc3c(c2)C(=C(c2cc(F)cc(F)c2)c2ncc[nH]2)C(=O)N3)CC1. The number of fused-ring (bicyclic) bond motifs is 1. The van der Waals surface area contributed by atoms with E-state index in [-0.39, 0.29) is 11.5 Å². The molecule has 1 amide bonds. The predicted molar refractivity (Wildman–Crippen MR) is 125 cm³/mol. The summed E-state index contributed by atoms with van der Waals surface area (Å²) in [6.45, 7) is 5.34. The van der Waals surface area contributed by atoms with Gasteiger partial charge < -0.3 is 20.5 Å². The number of benzene rings is 2. The number of halogens is 2. The number of anilines is 2. The molecule has 0 radical (unpaired) electrons. The lowest BCUT2D eigenvalue weighted by Crippen LogP contribution is -2.38. The maximum absolute atomic E-state index is 14.1. The first-order valence-corrected chi connectivity index (χ1v) is 11.2. The van der Waals surface area contributed by atoms with Crippen molar-refractivity contribution in [3.8, 4) is 0 Å². The number of carbonyl (C=O) groups is 1. The number of nitrogens with one attached hydrogen (secondary N) is 3. The molecule has 0 spiro atoms. The molecule has 2 aliphatic heterocycles. The standard InChI is InChI=1S/C25H25F2N5O/c1-2-32-9-5-18(6-10-32)30-19-3-4-21-20(14-19)23(25(33)31-21)22(24-28-7-8-29-24)15-11-16(26)13-17(27)12-15/h3-4,7-8,11-14,18,30H,2,5-6,9-10H2,1H3,(H,28,29)(H,31,33). The maximum atomic E-state index is 14.1. The molecule has 2 aromatic carbocycles. The molecule has 5 rings (SSSR count). The highest BCUT2D eigenvalue weighted by atomic mass is 19.1. The Morgan fingerprint density at radius 1 is 1.15 bits per heavy atom. The number of piperidine rings is 1. The largest absolute Gasteiger partial charge is 0.382 e. The van der Waals surface area contributed by atoms with E-state index in [9.17, 15) is 13.6 Å². The topological polar surface area (TPSA) is 73.0 Å². The lowest BCUT2D eigenvalue weighted by molar-refractivity contribution is -0.110. The van der Waals surface area contributed by atoms with E-state index in [4.69, 9.17) is 0 Å². The van der Waals surface area contributed by atoms with Gasteiger partial charge in [-0.05, 0) is 55.3 Å². The van der Waals surface area contributed by atoms with Gasteiger partial charge in [-0.25, -0.2) is 13.8 Å². The van der Waals surface area contributed by atoms with Crippen LogP contribution in [0.25, 0.3) is 11.1 Å². The van der Waals surface area contributed by atoms with Crippen molar-refractivity contribution >= 4 is 28.4 Å². The van der Waals surface area contributed by atoms with E-state index >= 15 is 0 Å². The summed E-state index contributed by atoms with van der Waals surface area (Å²) in [5, 5.41) is 6.46. The smallest absolute Gasteiger partial charge is 0.257 e. The minimum absolute atomic E-state index is 0.241. The van der Waals surface area contributed by atoms with Crippen LogP contribution in [0.2, 0.25) is 0 Å². The van der Waals surface area contributed by atoms with Crippen molar-refractivity contribution < 1.29 is 13.6 Å². The van der Waals surface area contributed by atoms with E-state index in [1.54, 1.807) is 12.4 Å². The molecule has 1 saturated heterocycles. The average molecular weight is 450 g/mol. The lowest BCUT2D eigenvalue weighted by Gasteiger charge is -2.32.